The highest BCUT2D eigenvalue weighted by Gasteiger charge is 2.27. The van der Waals surface area contributed by atoms with E-state index in [9.17, 15) is 26.7 Å². The number of hydrogen-bond donors (Lipinski definition) is 0. The van der Waals surface area contributed by atoms with Crippen molar-refractivity contribution in [2.45, 2.75) is 6.61 Å². The molecule has 4 rings (SSSR count). The molecule has 184 valence electrons. The molecule has 0 aliphatic carbocycles. The minimum absolute atomic E-state index is 0.253. The largest absolute Gasteiger partial charge is 0.496 e. The lowest BCUT2D eigenvalue weighted by molar-refractivity contribution is 0.104. The van der Waals surface area contributed by atoms with Crippen LogP contribution < -0.4 is 9.47 Å². The number of ether oxygens (including phenoxy) is 2. The first-order chi connectivity index (χ1) is 17.3. The lowest BCUT2D eigenvalue weighted by Crippen LogP contribution is -2.07. The first-order valence-corrected chi connectivity index (χ1v) is 10.6. The number of carbonyl (C=O) groups is 1. The molecule has 9 heteroatoms. The number of benzene rings is 3. The van der Waals surface area contributed by atoms with Crippen molar-refractivity contribution >= 4 is 11.9 Å². The standard InChI is InChI=1S/C27H18F5NO3/c1-35-21-11-5-16(4-10-20(34)17-6-8-19(9-7-17)33-12-2-3-13-33)14-18(21)15-36-27-25(31)23(29)22(28)24(30)26(27)32/h2-14H,15H2,1H3/b10-4+. The average Bonchev–Trinajstić information content (AvgIpc) is 3.45. The Kier molecular flexibility index (Phi) is 7.19. The summed E-state index contributed by atoms with van der Waals surface area (Å²) >= 11 is 0. The predicted octanol–water partition coefficient (Wildman–Crippen LogP) is 6.66. The second-order valence-corrected chi connectivity index (χ2v) is 7.59. The smallest absolute Gasteiger partial charge is 0.207 e. The third-order valence-electron chi connectivity index (χ3n) is 5.33. The highest BCUT2D eigenvalue weighted by molar-refractivity contribution is 6.06. The molecule has 0 amide bonds. The molecule has 0 atom stereocenters. The van der Waals surface area contributed by atoms with Crippen molar-refractivity contribution < 1.29 is 36.2 Å². The van der Waals surface area contributed by atoms with Gasteiger partial charge >= 0.3 is 0 Å². The number of methoxy groups -OCH3 is 1. The SMILES string of the molecule is COc1ccc(/C=C/C(=O)c2ccc(-n3cccc3)cc2)cc1COc1c(F)c(F)c(F)c(F)c1F. The fraction of sp³-hybridized carbons (Fsp3) is 0.0741. The molecule has 1 heterocycles. The summed E-state index contributed by atoms with van der Waals surface area (Å²) in [6, 6.07) is 15.4. The van der Waals surface area contributed by atoms with Gasteiger partial charge in [-0.25, -0.2) is 13.2 Å². The van der Waals surface area contributed by atoms with E-state index in [2.05, 4.69) is 0 Å². The van der Waals surface area contributed by atoms with Gasteiger partial charge in [0.05, 0.1) is 7.11 Å². The molecule has 0 aliphatic heterocycles. The Morgan fingerprint density at radius 2 is 1.47 bits per heavy atom. The minimum atomic E-state index is -2.27. The van der Waals surface area contributed by atoms with Gasteiger partial charge in [0.25, 0.3) is 0 Å². The van der Waals surface area contributed by atoms with Crippen LogP contribution in [0.4, 0.5) is 22.0 Å². The Morgan fingerprint density at radius 3 is 2.08 bits per heavy atom. The molecule has 4 aromatic rings. The number of allylic oxidation sites excluding steroid dienone is 1. The van der Waals surface area contributed by atoms with Crippen molar-refractivity contribution in [1.82, 2.24) is 4.57 Å². The summed E-state index contributed by atoms with van der Waals surface area (Å²) in [6.07, 6.45) is 6.63. The molecule has 0 N–H and O–H groups in total. The lowest BCUT2D eigenvalue weighted by atomic mass is 10.1. The van der Waals surface area contributed by atoms with E-state index >= 15 is 0 Å². The number of ketones is 1. The molecule has 4 nitrogen and oxygen atoms in total. The first kappa shape index (κ1) is 24.7. The summed E-state index contributed by atoms with van der Waals surface area (Å²) in [6.45, 7) is -0.558. The van der Waals surface area contributed by atoms with Crippen LogP contribution in [0.1, 0.15) is 21.5 Å². The Morgan fingerprint density at radius 1 is 0.861 bits per heavy atom. The van der Waals surface area contributed by atoms with Crippen LogP contribution in [-0.2, 0) is 6.61 Å². The Hall–Kier alpha value is -4.40. The monoisotopic (exact) mass is 499 g/mol. The zero-order chi connectivity index (χ0) is 25.8. The number of aromatic nitrogens is 1. The van der Waals surface area contributed by atoms with Gasteiger partial charge in [0.15, 0.2) is 11.5 Å². The third-order valence-corrected chi connectivity index (χ3v) is 5.33. The van der Waals surface area contributed by atoms with Gasteiger partial charge in [-0.15, -0.1) is 0 Å². The summed E-state index contributed by atoms with van der Waals surface area (Å²) in [5.41, 5.74) is 2.14. The second-order valence-electron chi connectivity index (χ2n) is 7.59. The molecule has 36 heavy (non-hydrogen) atoms. The van der Waals surface area contributed by atoms with E-state index in [1.54, 1.807) is 18.2 Å². The fourth-order valence-corrected chi connectivity index (χ4v) is 3.45. The van der Waals surface area contributed by atoms with Gasteiger partial charge in [-0.05, 0) is 60.2 Å². The Bertz CT molecular complexity index is 1400. The minimum Gasteiger partial charge on any atom is -0.496 e. The molecule has 0 bridgehead atoms. The van der Waals surface area contributed by atoms with Gasteiger partial charge in [0, 0.05) is 29.2 Å². The topological polar surface area (TPSA) is 40.5 Å². The van der Waals surface area contributed by atoms with Gasteiger partial charge in [0.2, 0.25) is 29.1 Å². The van der Waals surface area contributed by atoms with Crippen molar-refractivity contribution in [1.29, 1.82) is 0 Å². The van der Waals surface area contributed by atoms with Crippen LogP contribution >= 0.6 is 0 Å². The molecule has 3 aromatic carbocycles. The number of carbonyl (C=O) groups excluding carboxylic acids is 1. The molecule has 0 spiro atoms. The average molecular weight is 499 g/mol. The van der Waals surface area contributed by atoms with Crippen LogP contribution in [0.2, 0.25) is 0 Å². The van der Waals surface area contributed by atoms with Crippen molar-refractivity contribution in [3.8, 4) is 17.2 Å². The van der Waals surface area contributed by atoms with Crippen LogP contribution in [0.3, 0.4) is 0 Å². The van der Waals surface area contributed by atoms with E-state index in [1.807, 2.05) is 41.2 Å². The third kappa shape index (κ3) is 5.00. The maximum Gasteiger partial charge on any atom is 0.207 e. The van der Waals surface area contributed by atoms with Gasteiger partial charge in [-0.1, -0.05) is 12.1 Å². The van der Waals surface area contributed by atoms with Crippen LogP contribution in [0.15, 0.2) is 73.1 Å². The molecule has 0 fully saturated rings. The van der Waals surface area contributed by atoms with Crippen molar-refractivity contribution in [2.75, 3.05) is 7.11 Å². The number of nitrogens with zero attached hydrogens (tertiary/aromatic N) is 1. The van der Waals surface area contributed by atoms with Crippen LogP contribution in [0.25, 0.3) is 11.8 Å². The predicted molar refractivity (Wildman–Crippen MR) is 123 cm³/mol. The molecule has 0 saturated carbocycles. The highest BCUT2D eigenvalue weighted by atomic mass is 19.2. The number of rotatable bonds is 8. The van der Waals surface area contributed by atoms with E-state index in [-0.39, 0.29) is 17.1 Å². The van der Waals surface area contributed by atoms with Crippen LogP contribution in [-0.4, -0.2) is 17.5 Å². The van der Waals surface area contributed by atoms with Gasteiger partial charge in [-0.2, -0.15) is 8.78 Å². The molecular formula is C27H18F5NO3. The van der Waals surface area contributed by atoms with Gasteiger partial charge in [-0.3, -0.25) is 4.79 Å². The normalized spacial score (nSPS) is 11.2. The van der Waals surface area contributed by atoms with E-state index in [0.717, 1.165) is 5.69 Å². The van der Waals surface area contributed by atoms with Crippen molar-refractivity contribution in [3.63, 3.8) is 0 Å². The number of halogens is 5. The molecule has 0 unspecified atom stereocenters. The highest BCUT2D eigenvalue weighted by Crippen LogP contribution is 2.31. The molecular weight excluding hydrogens is 481 g/mol. The number of hydrogen-bond acceptors (Lipinski definition) is 3. The second kappa shape index (κ2) is 10.5. The fourth-order valence-electron chi connectivity index (χ4n) is 3.45. The summed E-state index contributed by atoms with van der Waals surface area (Å²) in [5, 5.41) is 0. The van der Waals surface area contributed by atoms with Crippen LogP contribution in [0.5, 0.6) is 11.5 Å². The van der Waals surface area contributed by atoms with Gasteiger partial charge in [0.1, 0.15) is 12.4 Å². The van der Waals surface area contributed by atoms with E-state index < -0.39 is 41.4 Å². The molecule has 1 aromatic heterocycles. The quantitative estimate of drug-likeness (QED) is 0.0896. The lowest BCUT2D eigenvalue weighted by Gasteiger charge is -2.13. The summed E-state index contributed by atoms with van der Waals surface area (Å²) in [4.78, 5) is 12.6. The zero-order valence-electron chi connectivity index (χ0n) is 18.8. The van der Waals surface area contributed by atoms with Crippen molar-refractivity contribution in [3.05, 3.63) is 119 Å². The Balaban J connectivity index is 1.51. The van der Waals surface area contributed by atoms with E-state index in [0.29, 0.717) is 11.1 Å². The summed E-state index contributed by atoms with van der Waals surface area (Å²) in [7, 11) is 1.34. The van der Waals surface area contributed by atoms with Gasteiger partial charge < -0.3 is 14.0 Å². The molecule has 0 saturated heterocycles. The molecule has 0 radical (unpaired) electrons. The Labute approximate surface area is 202 Å². The molecule has 0 aliphatic rings. The maximum absolute atomic E-state index is 13.9. The summed E-state index contributed by atoms with van der Waals surface area (Å²) in [5.74, 6) is -12.0. The van der Waals surface area contributed by atoms with E-state index in [1.165, 1.54) is 31.4 Å². The van der Waals surface area contributed by atoms with Crippen LogP contribution in [0, 0.1) is 29.1 Å². The zero-order valence-corrected chi connectivity index (χ0v) is 18.8. The summed E-state index contributed by atoms with van der Waals surface area (Å²) < 4.78 is 80.0. The van der Waals surface area contributed by atoms with E-state index in [4.69, 9.17) is 9.47 Å². The van der Waals surface area contributed by atoms with Crippen molar-refractivity contribution in [2.24, 2.45) is 0 Å². The maximum atomic E-state index is 13.9. The first-order valence-electron chi connectivity index (χ1n) is 10.6.